The van der Waals surface area contributed by atoms with Gasteiger partial charge in [-0.2, -0.15) is 0 Å². The molecule has 1 rings (SSSR count). The zero-order valence-electron chi connectivity index (χ0n) is 6.63. The van der Waals surface area contributed by atoms with Crippen LogP contribution in [0.15, 0.2) is 0 Å². The molecule has 9 heavy (non-hydrogen) atoms. The molecule has 0 aromatic rings. The summed E-state index contributed by atoms with van der Waals surface area (Å²) in [4.78, 5) is 17.7. The van der Waals surface area contributed by atoms with Gasteiger partial charge in [0, 0.05) is 12.7 Å². The second-order valence-corrected chi connectivity index (χ2v) is 4.32. The largest absolute Gasteiger partial charge is 1.00 e. The minimum Gasteiger partial charge on any atom is -1.00 e. The first-order chi connectivity index (χ1) is 3.71. The maximum absolute atomic E-state index is 8.85. The van der Waals surface area contributed by atoms with Gasteiger partial charge in [0.05, 0.1) is 0 Å². The SMILES string of the molecule is O[Si]1(O)CCCCO1.[H-].[Na+]. The zero-order chi connectivity index (χ0) is 6.04. The first-order valence-electron chi connectivity index (χ1n) is 2.79. The Morgan fingerprint density at radius 1 is 1.33 bits per heavy atom. The monoisotopic (exact) mass is 158 g/mol. The molecule has 0 aliphatic carbocycles. The normalized spacial score (nSPS) is 24.7. The van der Waals surface area contributed by atoms with Gasteiger partial charge in [-0.1, -0.05) is 0 Å². The van der Waals surface area contributed by atoms with Gasteiger partial charge in [-0.25, -0.2) is 0 Å². The molecule has 0 aromatic carbocycles. The van der Waals surface area contributed by atoms with E-state index in [0.29, 0.717) is 12.7 Å². The Morgan fingerprint density at radius 2 is 2.00 bits per heavy atom. The first-order valence-corrected chi connectivity index (χ1v) is 4.80. The molecule has 0 radical (unpaired) electrons. The minimum absolute atomic E-state index is 0. The van der Waals surface area contributed by atoms with Crippen molar-refractivity contribution in [1.29, 1.82) is 0 Å². The fraction of sp³-hybridized carbons (Fsp3) is 1.00. The van der Waals surface area contributed by atoms with Crippen LogP contribution >= 0.6 is 0 Å². The molecule has 1 fully saturated rings. The maximum Gasteiger partial charge on any atom is 1.00 e. The molecule has 1 saturated heterocycles. The van der Waals surface area contributed by atoms with E-state index in [4.69, 9.17) is 14.0 Å². The summed E-state index contributed by atoms with van der Waals surface area (Å²) in [6.07, 6.45) is 1.87. The summed E-state index contributed by atoms with van der Waals surface area (Å²) in [7, 11) is -3.09. The molecule has 0 unspecified atom stereocenters. The van der Waals surface area contributed by atoms with Crippen LogP contribution in [-0.4, -0.2) is 25.0 Å². The summed E-state index contributed by atoms with van der Waals surface area (Å²) in [6, 6.07) is 0.479. The second kappa shape index (κ2) is 4.08. The van der Waals surface area contributed by atoms with Crippen molar-refractivity contribution in [2.24, 2.45) is 0 Å². The molecule has 1 aliphatic rings. The van der Waals surface area contributed by atoms with Crippen LogP contribution in [0.3, 0.4) is 0 Å². The Morgan fingerprint density at radius 3 is 2.22 bits per heavy atom. The Hall–Kier alpha value is 1.10. The van der Waals surface area contributed by atoms with E-state index in [9.17, 15) is 0 Å². The van der Waals surface area contributed by atoms with Crippen molar-refractivity contribution in [3.8, 4) is 0 Å². The van der Waals surface area contributed by atoms with Crippen LogP contribution in [-0.2, 0) is 4.43 Å². The smallest absolute Gasteiger partial charge is 1.00 e. The molecule has 0 aromatic heterocycles. The van der Waals surface area contributed by atoms with E-state index < -0.39 is 8.80 Å². The average Bonchev–Trinajstić information content (AvgIpc) is 1.65. The molecule has 0 saturated carbocycles. The molecule has 5 heteroatoms. The van der Waals surface area contributed by atoms with Crippen molar-refractivity contribution in [2.45, 2.75) is 18.9 Å². The summed E-state index contributed by atoms with van der Waals surface area (Å²) in [5, 5.41) is 0. The van der Waals surface area contributed by atoms with Crippen LogP contribution in [0.2, 0.25) is 6.04 Å². The molecule has 0 amide bonds. The quantitative estimate of drug-likeness (QED) is 0.366. The molecule has 0 atom stereocenters. The third kappa shape index (κ3) is 3.72. The van der Waals surface area contributed by atoms with Crippen LogP contribution in [0.25, 0.3) is 0 Å². The molecule has 1 aliphatic heterocycles. The third-order valence-electron chi connectivity index (χ3n) is 1.23. The Kier molecular flexibility index (Phi) is 4.57. The fourth-order valence-electron chi connectivity index (χ4n) is 0.765. The summed E-state index contributed by atoms with van der Waals surface area (Å²) >= 11 is 0. The van der Waals surface area contributed by atoms with Gasteiger partial charge in [0.1, 0.15) is 0 Å². The summed E-state index contributed by atoms with van der Waals surface area (Å²) < 4.78 is 4.72. The van der Waals surface area contributed by atoms with E-state index in [1.54, 1.807) is 0 Å². The average molecular weight is 158 g/mol. The van der Waals surface area contributed by atoms with Gasteiger partial charge in [0.25, 0.3) is 0 Å². The van der Waals surface area contributed by atoms with Crippen LogP contribution in [0.5, 0.6) is 0 Å². The molecular formula is C4H11NaO3Si. The Labute approximate surface area is 79.2 Å². The van der Waals surface area contributed by atoms with Gasteiger partial charge >= 0.3 is 38.4 Å². The second-order valence-electron chi connectivity index (χ2n) is 2.05. The van der Waals surface area contributed by atoms with Crippen molar-refractivity contribution >= 4 is 8.80 Å². The van der Waals surface area contributed by atoms with Gasteiger partial charge in [-0.05, 0) is 12.8 Å². The topological polar surface area (TPSA) is 49.7 Å². The van der Waals surface area contributed by atoms with Crippen LogP contribution in [0, 0.1) is 0 Å². The molecule has 3 nitrogen and oxygen atoms in total. The van der Waals surface area contributed by atoms with Gasteiger partial charge in [0.2, 0.25) is 0 Å². The predicted molar refractivity (Wildman–Crippen MR) is 31.3 cm³/mol. The van der Waals surface area contributed by atoms with Gasteiger partial charge < -0.3 is 15.4 Å². The number of rotatable bonds is 0. The van der Waals surface area contributed by atoms with Crippen molar-refractivity contribution in [3.63, 3.8) is 0 Å². The molecule has 0 bridgehead atoms. The van der Waals surface area contributed by atoms with E-state index in [1.165, 1.54) is 0 Å². The van der Waals surface area contributed by atoms with E-state index >= 15 is 0 Å². The molecular weight excluding hydrogens is 147 g/mol. The molecule has 1 heterocycles. The van der Waals surface area contributed by atoms with Crippen molar-refractivity contribution in [3.05, 3.63) is 0 Å². The van der Waals surface area contributed by atoms with Gasteiger partial charge in [-0.15, -0.1) is 0 Å². The van der Waals surface area contributed by atoms with E-state index in [0.717, 1.165) is 12.8 Å². The third-order valence-corrected chi connectivity index (χ3v) is 2.90. The molecule has 0 spiro atoms. The number of hydrogen-bond donors (Lipinski definition) is 2. The maximum atomic E-state index is 8.85. The standard InChI is InChI=1S/C4H10O3Si.Na.H/c5-8(6)4-2-1-3-7-8;;/h5-6H,1-4H2;;/q;+1;-1. The van der Waals surface area contributed by atoms with Gasteiger partial charge in [-0.3, -0.25) is 0 Å². The van der Waals surface area contributed by atoms with Crippen LogP contribution in [0.4, 0.5) is 0 Å². The van der Waals surface area contributed by atoms with E-state index in [2.05, 4.69) is 0 Å². The van der Waals surface area contributed by atoms with Crippen LogP contribution in [0.1, 0.15) is 14.3 Å². The zero-order valence-corrected chi connectivity index (χ0v) is 8.63. The Balaban J connectivity index is 0. The molecule has 50 valence electrons. The van der Waals surface area contributed by atoms with Gasteiger partial charge in [0.15, 0.2) is 0 Å². The predicted octanol–water partition coefficient (Wildman–Crippen LogP) is -3.16. The van der Waals surface area contributed by atoms with Crippen molar-refractivity contribution in [1.82, 2.24) is 0 Å². The summed E-state index contributed by atoms with van der Waals surface area (Å²) in [6.45, 7) is 0.527. The molecule has 2 N–H and O–H groups in total. The summed E-state index contributed by atoms with van der Waals surface area (Å²) in [5.41, 5.74) is 0. The minimum atomic E-state index is -3.09. The van der Waals surface area contributed by atoms with Crippen LogP contribution < -0.4 is 29.6 Å². The fourth-order valence-corrected chi connectivity index (χ4v) is 2.09. The number of hydrogen-bond acceptors (Lipinski definition) is 3. The van der Waals surface area contributed by atoms with E-state index in [1.807, 2.05) is 0 Å². The Bertz CT molecular complexity index is 84.6. The summed E-state index contributed by atoms with van der Waals surface area (Å²) in [5.74, 6) is 0. The van der Waals surface area contributed by atoms with Crippen molar-refractivity contribution in [2.75, 3.05) is 6.61 Å². The van der Waals surface area contributed by atoms with E-state index in [-0.39, 0.29) is 31.0 Å². The first kappa shape index (κ1) is 10.1. The van der Waals surface area contributed by atoms with Crippen molar-refractivity contribution < 1.29 is 45.0 Å².